The molecule has 28 heavy (non-hydrogen) atoms. The van der Waals surface area contributed by atoms with Crippen molar-refractivity contribution in [3.05, 3.63) is 23.2 Å². The number of hydrogen-bond donors (Lipinski definition) is 0. The third-order valence-corrected chi connectivity index (χ3v) is 6.84. The number of unbranched alkanes of at least 4 members (excludes halogenated alkanes) is 1. The predicted molar refractivity (Wildman–Crippen MR) is 106 cm³/mol. The van der Waals surface area contributed by atoms with Crippen LogP contribution in [-0.2, 0) is 14.2 Å². The topological polar surface area (TPSA) is 27.7 Å². The Morgan fingerprint density at radius 2 is 1.61 bits per heavy atom. The van der Waals surface area contributed by atoms with Gasteiger partial charge in [0.1, 0.15) is 11.5 Å². The van der Waals surface area contributed by atoms with Crippen molar-refractivity contribution >= 4 is 0 Å². The molecule has 0 N–H and O–H groups in total. The Labute approximate surface area is 168 Å². The van der Waals surface area contributed by atoms with Crippen molar-refractivity contribution in [2.24, 2.45) is 17.8 Å². The van der Waals surface area contributed by atoms with Crippen molar-refractivity contribution < 1.29 is 23.0 Å². The molecule has 0 bridgehead atoms. The maximum absolute atomic E-state index is 14.1. The molecule has 160 valence electrons. The van der Waals surface area contributed by atoms with E-state index in [4.69, 9.17) is 14.2 Å². The van der Waals surface area contributed by atoms with Crippen LogP contribution in [0.2, 0.25) is 0 Å². The smallest absolute Gasteiger partial charge is 0.199 e. The monoisotopic (exact) mass is 398 g/mol. The Morgan fingerprint density at radius 3 is 2.25 bits per heavy atom. The Bertz CT molecular complexity index is 556. The Kier molecular flexibility index (Phi) is 8.19. The van der Waals surface area contributed by atoms with Gasteiger partial charge < -0.3 is 14.2 Å². The summed E-state index contributed by atoms with van der Waals surface area (Å²) in [6.07, 6.45) is 12.1. The Hall–Kier alpha value is -1.10. The van der Waals surface area contributed by atoms with E-state index in [1.54, 1.807) is 0 Å². The molecule has 0 aromatic carbocycles. The van der Waals surface area contributed by atoms with Gasteiger partial charge in [-0.1, -0.05) is 19.8 Å². The minimum Gasteiger partial charge on any atom is -0.498 e. The van der Waals surface area contributed by atoms with Crippen LogP contribution in [-0.4, -0.2) is 26.4 Å². The quantitative estimate of drug-likeness (QED) is 0.461. The first-order chi connectivity index (χ1) is 13.6. The number of methoxy groups -OCH3 is 1. The van der Waals surface area contributed by atoms with E-state index in [0.717, 1.165) is 25.4 Å². The molecule has 2 aliphatic carbocycles. The number of rotatable bonds is 8. The van der Waals surface area contributed by atoms with Crippen LogP contribution >= 0.6 is 0 Å². The Balaban J connectivity index is 1.38. The maximum atomic E-state index is 14.1. The molecule has 0 radical (unpaired) electrons. The summed E-state index contributed by atoms with van der Waals surface area (Å²) in [5, 5.41) is 0. The lowest BCUT2D eigenvalue weighted by Crippen LogP contribution is -2.33. The largest absolute Gasteiger partial charge is 0.498 e. The number of ether oxygens (including phenoxy) is 3. The lowest BCUT2D eigenvalue weighted by Gasteiger charge is -2.38. The molecule has 1 heterocycles. The van der Waals surface area contributed by atoms with Crippen LogP contribution in [0.5, 0.6) is 0 Å². The van der Waals surface area contributed by atoms with Crippen molar-refractivity contribution in [3.8, 4) is 0 Å². The molecule has 2 atom stereocenters. The van der Waals surface area contributed by atoms with Gasteiger partial charge in [-0.05, 0) is 62.7 Å². The van der Waals surface area contributed by atoms with Gasteiger partial charge in [0.05, 0.1) is 26.4 Å². The van der Waals surface area contributed by atoms with Crippen LogP contribution in [0.15, 0.2) is 23.2 Å². The average Bonchev–Trinajstić information content (AvgIpc) is 2.74. The van der Waals surface area contributed by atoms with Crippen molar-refractivity contribution in [2.45, 2.75) is 83.7 Å². The highest BCUT2D eigenvalue weighted by Gasteiger charge is 2.32. The third-order valence-electron chi connectivity index (χ3n) is 6.84. The highest BCUT2D eigenvalue weighted by molar-refractivity contribution is 5.29. The van der Waals surface area contributed by atoms with E-state index in [2.05, 4.69) is 6.92 Å². The highest BCUT2D eigenvalue weighted by atomic mass is 19.2. The van der Waals surface area contributed by atoms with Gasteiger partial charge in [-0.3, -0.25) is 0 Å². The fourth-order valence-corrected chi connectivity index (χ4v) is 4.92. The van der Waals surface area contributed by atoms with Gasteiger partial charge in [0.2, 0.25) is 0 Å². The van der Waals surface area contributed by atoms with Crippen molar-refractivity contribution in [1.29, 1.82) is 0 Å². The minimum atomic E-state index is -0.901. The molecule has 2 fully saturated rings. The van der Waals surface area contributed by atoms with Gasteiger partial charge in [-0.15, -0.1) is 0 Å². The van der Waals surface area contributed by atoms with E-state index in [9.17, 15) is 8.78 Å². The molecule has 1 saturated carbocycles. The fourth-order valence-electron chi connectivity index (χ4n) is 4.92. The second-order valence-electron chi connectivity index (χ2n) is 8.71. The van der Waals surface area contributed by atoms with E-state index in [0.29, 0.717) is 37.4 Å². The molecular formula is C23H36F2O3. The van der Waals surface area contributed by atoms with Gasteiger partial charge >= 0.3 is 0 Å². The van der Waals surface area contributed by atoms with E-state index in [1.165, 1.54) is 52.1 Å². The lowest BCUT2D eigenvalue weighted by atomic mass is 9.74. The molecule has 3 rings (SSSR count). The van der Waals surface area contributed by atoms with Crippen molar-refractivity contribution in [3.63, 3.8) is 0 Å². The zero-order valence-electron chi connectivity index (χ0n) is 17.5. The summed E-state index contributed by atoms with van der Waals surface area (Å²) in [6.45, 7) is 3.65. The van der Waals surface area contributed by atoms with Crippen LogP contribution < -0.4 is 0 Å². The molecule has 0 aromatic heterocycles. The standard InChI is InChI=1S/C23H36F2O3/c1-3-4-5-19-11-10-18(15-27-19)17-8-6-16(7-9-17)14-28-21-13-12-20(26-2)22(24)23(21)25/h16-19H,3-15H2,1-2H3. The molecule has 3 nitrogen and oxygen atoms in total. The summed E-state index contributed by atoms with van der Waals surface area (Å²) >= 11 is 0. The summed E-state index contributed by atoms with van der Waals surface area (Å²) < 4.78 is 44.6. The number of allylic oxidation sites excluding steroid dienone is 4. The summed E-state index contributed by atoms with van der Waals surface area (Å²) in [5.74, 6) is 0.338. The number of hydrogen-bond acceptors (Lipinski definition) is 3. The van der Waals surface area contributed by atoms with Crippen LogP contribution in [0, 0.1) is 17.8 Å². The van der Waals surface area contributed by atoms with Gasteiger partial charge in [0.15, 0.2) is 11.7 Å². The van der Waals surface area contributed by atoms with Crippen LogP contribution in [0.3, 0.4) is 0 Å². The minimum absolute atomic E-state index is 0.0805. The van der Waals surface area contributed by atoms with Gasteiger partial charge in [0.25, 0.3) is 0 Å². The molecule has 0 aromatic rings. The van der Waals surface area contributed by atoms with Gasteiger partial charge in [0, 0.05) is 12.8 Å². The van der Waals surface area contributed by atoms with Gasteiger partial charge in [-0.25, -0.2) is 0 Å². The summed E-state index contributed by atoms with van der Waals surface area (Å²) in [4.78, 5) is 0. The van der Waals surface area contributed by atoms with Crippen LogP contribution in [0.1, 0.15) is 77.6 Å². The second-order valence-corrected chi connectivity index (χ2v) is 8.71. The zero-order valence-corrected chi connectivity index (χ0v) is 17.5. The predicted octanol–water partition coefficient (Wildman–Crippen LogP) is 6.60. The third kappa shape index (κ3) is 5.49. The lowest BCUT2D eigenvalue weighted by molar-refractivity contribution is -0.0439. The summed E-state index contributed by atoms with van der Waals surface area (Å²) in [6, 6.07) is 0. The van der Waals surface area contributed by atoms with Crippen molar-refractivity contribution in [1.82, 2.24) is 0 Å². The maximum Gasteiger partial charge on any atom is 0.199 e. The molecule has 5 heteroatoms. The van der Waals surface area contributed by atoms with Crippen molar-refractivity contribution in [2.75, 3.05) is 20.3 Å². The van der Waals surface area contributed by atoms with Crippen LogP contribution in [0.25, 0.3) is 0 Å². The zero-order chi connectivity index (χ0) is 19.9. The first kappa shape index (κ1) is 21.6. The highest BCUT2D eigenvalue weighted by Crippen LogP contribution is 2.39. The molecule has 0 spiro atoms. The molecule has 0 amide bonds. The first-order valence-corrected chi connectivity index (χ1v) is 11.2. The summed E-state index contributed by atoms with van der Waals surface area (Å²) in [5.41, 5.74) is 0. The van der Waals surface area contributed by atoms with E-state index >= 15 is 0 Å². The SMILES string of the molecule is CCCCC1CCC(C2CCC(COC3=C(F)C(F)=C(OC)CC3)CC2)CO1. The Morgan fingerprint density at radius 1 is 0.929 bits per heavy atom. The van der Waals surface area contributed by atoms with E-state index in [-0.39, 0.29) is 11.5 Å². The average molecular weight is 399 g/mol. The molecule has 3 aliphatic rings. The van der Waals surface area contributed by atoms with E-state index < -0.39 is 11.7 Å². The first-order valence-electron chi connectivity index (χ1n) is 11.2. The molecular weight excluding hydrogens is 362 g/mol. The normalized spacial score (nSPS) is 31.9. The van der Waals surface area contributed by atoms with Crippen LogP contribution in [0.4, 0.5) is 8.78 Å². The fraction of sp³-hybridized carbons (Fsp3) is 0.826. The molecule has 2 unspecified atom stereocenters. The van der Waals surface area contributed by atoms with E-state index in [1.807, 2.05) is 0 Å². The number of halogens is 2. The second kappa shape index (κ2) is 10.6. The summed E-state index contributed by atoms with van der Waals surface area (Å²) in [7, 11) is 1.37. The van der Waals surface area contributed by atoms with Gasteiger partial charge in [-0.2, -0.15) is 8.78 Å². The molecule has 1 saturated heterocycles. The molecule has 1 aliphatic heterocycles.